The molecule has 0 unspecified atom stereocenters. The molecule has 1 heterocycles. The quantitative estimate of drug-likeness (QED) is 0.328. The van der Waals surface area contributed by atoms with Gasteiger partial charge in [0.2, 0.25) is 0 Å². The molecule has 6 heteroatoms. The first-order chi connectivity index (χ1) is 7.06. The summed E-state index contributed by atoms with van der Waals surface area (Å²) in [6, 6.07) is 2.46. The summed E-state index contributed by atoms with van der Waals surface area (Å²) in [4.78, 5) is 20.8. The van der Waals surface area contributed by atoms with Gasteiger partial charge in [-0.15, -0.1) is 0 Å². The van der Waals surface area contributed by atoms with Crippen molar-refractivity contribution in [1.29, 1.82) is 0 Å². The normalized spacial score (nSPS) is 9.67. The van der Waals surface area contributed by atoms with E-state index in [0.717, 1.165) is 6.07 Å². The number of nitrogens with zero attached hydrogens (tertiary/aromatic N) is 1. The molecule has 0 spiro atoms. The predicted molar refractivity (Wildman–Crippen MR) is 51.0 cm³/mol. The average molecular weight is 211 g/mol. The fourth-order valence-corrected chi connectivity index (χ4v) is 0.907. The summed E-state index contributed by atoms with van der Waals surface area (Å²) in [6.07, 6.45) is 0. The summed E-state index contributed by atoms with van der Waals surface area (Å²) in [6.45, 7) is 5.28. The monoisotopic (exact) mass is 211 g/mol. The van der Waals surface area contributed by atoms with Gasteiger partial charge in [0, 0.05) is 0 Å². The fourth-order valence-electron chi connectivity index (χ4n) is 0.907. The summed E-state index contributed by atoms with van der Waals surface area (Å²) in [5, 5.41) is 10.3. The van der Waals surface area contributed by atoms with E-state index in [1.54, 1.807) is 6.92 Å². The number of carbonyl (C=O) groups excluding carboxylic acids is 1. The molecule has 0 aliphatic heterocycles. The topological polar surface area (TPSA) is 82.6 Å². The maximum atomic E-state index is 11.2. The fraction of sp³-hybridized carbons (Fsp3) is 0.222. The van der Waals surface area contributed by atoms with Crippen LogP contribution < -0.4 is 0 Å². The number of rotatable bonds is 4. The van der Waals surface area contributed by atoms with Crippen molar-refractivity contribution in [3.63, 3.8) is 0 Å². The zero-order valence-electron chi connectivity index (χ0n) is 8.06. The number of nitro groups is 1. The van der Waals surface area contributed by atoms with Gasteiger partial charge >= 0.3 is 11.9 Å². The zero-order valence-corrected chi connectivity index (χ0v) is 8.06. The molecule has 0 aliphatic carbocycles. The molecule has 0 saturated heterocycles. The molecule has 0 saturated carbocycles. The largest absolute Gasteiger partial charge is 0.462 e. The smallest absolute Gasteiger partial charge is 0.433 e. The number of esters is 1. The second-order valence-electron chi connectivity index (χ2n) is 2.59. The maximum Gasteiger partial charge on any atom is 0.433 e. The molecule has 0 bridgehead atoms. The van der Waals surface area contributed by atoms with Crippen molar-refractivity contribution < 1.29 is 18.9 Å². The van der Waals surface area contributed by atoms with Crippen LogP contribution in [0, 0.1) is 10.1 Å². The maximum absolute atomic E-state index is 11.2. The summed E-state index contributed by atoms with van der Waals surface area (Å²) < 4.78 is 9.43. The van der Waals surface area contributed by atoms with Gasteiger partial charge in [0.05, 0.1) is 18.2 Å². The number of hydrogen-bond acceptors (Lipinski definition) is 5. The van der Waals surface area contributed by atoms with Crippen molar-refractivity contribution in [2.75, 3.05) is 6.61 Å². The van der Waals surface area contributed by atoms with Crippen LogP contribution in [0.2, 0.25) is 0 Å². The lowest BCUT2D eigenvalue weighted by molar-refractivity contribution is -0.402. The molecule has 80 valence electrons. The third kappa shape index (κ3) is 2.43. The zero-order chi connectivity index (χ0) is 11.4. The van der Waals surface area contributed by atoms with E-state index in [4.69, 9.17) is 4.42 Å². The summed E-state index contributed by atoms with van der Waals surface area (Å²) >= 11 is 0. The lowest BCUT2D eigenvalue weighted by atomic mass is 10.2. The molecule has 6 nitrogen and oxygen atoms in total. The van der Waals surface area contributed by atoms with Crippen LogP contribution in [0.1, 0.15) is 12.7 Å². The lowest BCUT2D eigenvalue weighted by Crippen LogP contribution is -2.04. The van der Waals surface area contributed by atoms with Crippen LogP contribution >= 0.6 is 0 Å². The van der Waals surface area contributed by atoms with Gasteiger partial charge in [0.25, 0.3) is 0 Å². The highest BCUT2D eigenvalue weighted by molar-refractivity contribution is 6.14. The molecule has 1 rings (SSSR count). The van der Waals surface area contributed by atoms with Crippen LogP contribution in [0.5, 0.6) is 0 Å². The molecule has 0 fully saturated rings. The summed E-state index contributed by atoms with van der Waals surface area (Å²) in [5.41, 5.74) is -0.0371. The van der Waals surface area contributed by atoms with E-state index in [1.165, 1.54) is 6.07 Å². The lowest BCUT2D eigenvalue weighted by Gasteiger charge is -2.00. The number of ether oxygens (including phenoxy) is 1. The van der Waals surface area contributed by atoms with Gasteiger partial charge in [0.15, 0.2) is 0 Å². The Kier molecular flexibility index (Phi) is 3.22. The van der Waals surface area contributed by atoms with Gasteiger partial charge < -0.3 is 9.15 Å². The van der Waals surface area contributed by atoms with E-state index in [9.17, 15) is 14.9 Å². The molecular weight excluding hydrogens is 202 g/mol. The van der Waals surface area contributed by atoms with Crippen molar-refractivity contribution in [1.82, 2.24) is 0 Å². The van der Waals surface area contributed by atoms with Crippen LogP contribution in [-0.4, -0.2) is 17.5 Å². The van der Waals surface area contributed by atoms with Gasteiger partial charge in [-0.25, -0.2) is 4.79 Å². The third-order valence-corrected chi connectivity index (χ3v) is 1.59. The highest BCUT2D eigenvalue weighted by atomic mass is 16.6. The van der Waals surface area contributed by atoms with Crippen LogP contribution in [0.3, 0.4) is 0 Å². The van der Waals surface area contributed by atoms with Gasteiger partial charge in [0.1, 0.15) is 10.7 Å². The number of carbonyl (C=O) groups is 1. The van der Waals surface area contributed by atoms with Gasteiger partial charge in [-0.05, 0) is 13.0 Å². The molecule has 0 aliphatic rings. The van der Waals surface area contributed by atoms with Gasteiger partial charge in [-0.2, -0.15) is 0 Å². The van der Waals surface area contributed by atoms with Crippen LogP contribution in [0.25, 0.3) is 5.57 Å². The predicted octanol–water partition coefficient (Wildman–Crippen LogP) is 1.76. The molecule has 0 N–H and O–H groups in total. The van der Waals surface area contributed by atoms with Crippen molar-refractivity contribution in [3.8, 4) is 0 Å². The van der Waals surface area contributed by atoms with Crippen molar-refractivity contribution >= 4 is 17.4 Å². The average Bonchev–Trinajstić information content (AvgIpc) is 2.65. The first-order valence-corrected chi connectivity index (χ1v) is 4.17. The standard InChI is InChI=1S/C9H9NO5/c1-3-14-9(11)6(2)7-4-5-8(15-7)10(12)13/h4-5H,2-3H2,1H3. The summed E-state index contributed by atoms with van der Waals surface area (Å²) in [7, 11) is 0. The Morgan fingerprint density at radius 1 is 1.67 bits per heavy atom. The van der Waals surface area contributed by atoms with E-state index in [0.29, 0.717) is 0 Å². The Morgan fingerprint density at radius 3 is 2.80 bits per heavy atom. The second kappa shape index (κ2) is 4.41. The van der Waals surface area contributed by atoms with Crippen molar-refractivity contribution in [2.45, 2.75) is 6.92 Å². The van der Waals surface area contributed by atoms with Crippen molar-refractivity contribution in [3.05, 3.63) is 34.6 Å². The SMILES string of the molecule is C=C(C(=O)OCC)c1ccc([N+](=O)[O-])o1. The summed E-state index contributed by atoms with van der Waals surface area (Å²) in [5.74, 6) is -1.04. The first-order valence-electron chi connectivity index (χ1n) is 4.17. The highest BCUT2D eigenvalue weighted by Gasteiger charge is 2.18. The van der Waals surface area contributed by atoms with Crippen molar-refractivity contribution in [2.24, 2.45) is 0 Å². The minimum absolute atomic E-state index is 0.0371. The van der Waals surface area contributed by atoms with Crippen LogP contribution in [0.15, 0.2) is 23.1 Å². The molecule has 1 aromatic rings. The highest BCUT2D eigenvalue weighted by Crippen LogP contribution is 2.22. The van der Waals surface area contributed by atoms with E-state index in [1.807, 2.05) is 0 Å². The Balaban J connectivity index is 2.83. The Labute approximate surface area is 85.3 Å². The van der Waals surface area contributed by atoms with Crippen LogP contribution in [-0.2, 0) is 9.53 Å². The second-order valence-corrected chi connectivity index (χ2v) is 2.59. The molecule has 0 atom stereocenters. The van der Waals surface area contributed by atoms with Crippen LogP contribution in [0.4, 0.5) is 5.88 Å². The first kappa shape index (κ1) is 11.0. The molecule has 0 radical (unpaired) electrons. The van der Waals surface area contributed by atoms with E-state index >= 15 is 0 Å². The number of furan rings is 1. The Morgan fingerprint density at radius 2 is 2.33 bits per heavy atom. The van der Waals surface area contributed by atoms with E-state index in [2.05, 4.69) is 11.3 Å². The Bertz CT molecular complexity index is 406. The third-order valence-electron chi connectivity index (χ3n) is 1.59. The van der Waals surface area contributed by atoms with Gasteiger partial charge in [-0.3, -0.25) is 10.1 Å². The van der Waals surface area contributed by atoms with E-state index < -0.39 is 16.8 Å². The number of hydrogen-bond donors (Lipinski definition) is 0. The Hall–Kier alpha value is -2.11. The molecule has 15 heavy (non-hydrogen) atoms. The molecule has 0 aromatic carbocycles. The minimum atomic E-state index is -0.693. The molecule has 1 aromatic heterocycles. The minimum Gasteiger partial charge on any atom is -0.462 e. The van der Waals surface area contributed by atoms with E-state index in [-0.39, 0.29) is 17.9 Å². The molecular formula is C9H9NO5. The molecule has 0 amide bonds. The van der Waals surface area contributed by atoms with Gasteiger partial charge in [-0.1, -0.05) is 6.58 Å².